The fourth-order valence-electron chi connectivity index (χ4n) is 3.00. The zero-order valence-electron chi connectivity index (χ0n) is 15.9. The van der Waals surface area contributed by atoms with Crippen LogP contribution in [0.1, 0.15) is 25.2 Å². The highest BCUT2D eigenvalue weighted by molar-refractivity contribution is 14.0. The Bertz CT molecular complexity index is 852. The van der Waals surface area contributed by atoms with Gasteiger partial charge in [-0.2, -0.15) is 0 Å². The van der Waals surface area contributed by atoms with Gasteiger partial charge in [0.15, 0.2) is 5.96 Å². The summed E-state index contributed by atoms with van der Waals surface area (Å²) in [6, 6.07) is 8.37. The maximum atomic E-state index is 4.70. The van der Waals surface area contributed by atoms with Gasteiger partial charge in [0.05, 0.1) is 0 Å². The third-order valence-electron chi connectivity index (χ3n) is 4.33. The minimum atomic E-state index is 0. The van der Waals surface area contributed by atoms with E-state index in [0.29, 0.717) is 0 Å². The number of aromatic amines is 1. The Morgan fingerprint density at radius 2 is 2.07 bits per heavy atom. The normalized spacial score (nSPS) is 11.4. The summed E-state index contributed by atoms with van der Waals surface area (Å²) in [4.78, 5) is 8.01. The minimum Gasteiger partial charge on any atom is -0.361 e. The topological polar surface area (TPSA) is 82.9 Å². The van der Waals surface area contributed by atoms with Gasteiger partial charge in [-0.1, -0.05) is 25.1 Å². The molecule has 2 heterocycles. The lowest BCUT2D eigenvalue weighted by molar-refractivity contribution is 0.632. The molecule has 0 saturated carbocycles. The predicted molar refractivity (Wildman–Crippen MR) is 121 cm³/mol. The van der Waals surface area contributed by atoms with Gasteiger partial charge < -0.3 is 20.2 Å². The fraction of sp³-hybridized carbons (Fsp3) is 0.421. The van der Waals surface area contributed by atoms with E-state index in [9.17, 15) is 0 Å². The second kappa shape index (κ2) is 10.9. The molecule has 0 saturated heterocycles. The number of rotatable bonds is 8. The molecule has 0 fully saturated rings. The zero-order valence-corrected chi connectivity index (χ0v) is 18.2. The molecule has 27 heavy (non-hydrogen) atoms. The Kier molecular flexibility index (Phi) is 8.56. The lowest BCUT2D eigenvalue weighted by atomic mass is 10.1. The molecule has 0 atom stereocenters. The summed E-state index contributed by atoms with van der Waals surface area (Å²) in [5.74, 6) is 1.85. The first-order valence-corrected chi connectivity index (χ1v) is 9.25. The van der Waals surface area contributed by atoms with Crippen LogP contribution in [0.15, 0.2) is 41.8 Å². The lowest BCUT2D eigenvalue weighted by Crippen LogP contribution is -2.39. The van der Waals surface area contributed by atoms with E-state index in [4.69, 9.17) is 4.99 Å². The number of halogens is 1. The van der Waals surface area contributed by atoms with Crippen molar-refractivity contribution in [2.24, 2.45) is 4.99 Å². The van der Waals surface area contributed by atoms with Gasteiger partial charge in [-0.3, -0.25) is 4.99 Å². The van der Waals surface area contributed by atoms with Crippen LogP contribution in [0.25, 0.3) is 10.9 Å². The second-order valence-electron chi connectivity index (χ2n) is 6.09. The number of guanidine groups is 1. The molecule has 3 N–H and O–H groups in total. The molecule has 3 aromatic rings. The Morgan fingerprint density at radius 1 is 1.22 bits per heavy atom. The van der Waals surface area contributed by atoms with Crippen LogP contribution < -0.4 is 10.6 Å². The smallest absolute Gasteiger partial charge is 0.191 e. The monoisotopic (exact) mass is 481 g/mol. The molecule has 2 aromatic heterocycles. The van der Waals surface area contributed by atoms with Gasteiger partial charge in [-0.25, -0.2) is 0 Å². The molecule has 1 aromatic carbocycles. The third kappa shape index (κ3) is 5.69. The standard InChI is InChI=1S/C19H27N7.HI/c1-3-18-25-24-14-26(18)12-11-22-19(20-4-2)21-10-9-15-13-23-17-8-6-5-7-16(15)17;/h5-8,13-14,23H,3-4,9-12H2,1-2H3,(H2,20,21,22);1H. The second-order valence-corrected chi connectivity index (χ2v) is 6.09. The Morgan fingerprint density at radius 3 is 2.89 bits per heavy atom. The fourth-order valence-corrected chi connectivity index (χ4v) is 3.00. The van der Waals surface area contributed by atoms with Gasteiger partial charge in [-0.05, 0) is 25.0 Å². The van der Waals surface area contributed by atoms with E-state index in [2.05, 4.69) is 68.6 Å². The largest absolute Gasteiger partial charge is 0.361 e. The Labute approximate surface area is 177 Å². The highest BCUT2D eigenvalue weighted by Crippen LogP contribution is 2.17. The third-order valence-corrected chi connectivity index (χ3v) is 4.33. The number of nitrogens with one attached hydrogen (secondary N) is 3. The van der Waals surface area contributed by atoms with Crippen molar-refractivity contribution in [3.63, 3.8) is 0 Å². The lowest BCUT2D eigenvalue weighted by Gasteiger charge is -2.12. The van der Waals surface area contributed by atoms with Crippen LogP contribution in [0, 0.1) is 0 Å². The number of aryl methyl sites for hydroxylation is 1. The van der Waals surface area contributed by atoms with Crippen molar-refractivity contribution >= 4 is 40.8 Å². The van der Waals surface area contributed by atoms with Crippen LogP contribution in [0.2, 0.25) is 0 Å². The molecule has 3 rings (SSSR count). The number of aromatic nitrogens is 4. The van der Waals surface area contributed by atoms with E-state index in [1.807, 2.05) is 6.07 Å². The van der Waals surface area contributed by atoms with Gasteiger partial charge >= 0.3 is 0 Å². The summed E-state index contributed by atoms with van der Waals surface area (Å²) in [6.45, 7) is 7.35. The van der Waals surface area contributed by atoms with Gasteiger partial charge in [0.25, 0.3) is 0 Å². The van der Waals surface area contributed by atoms with Crippen LogP contribution in [0.5, 0.6) is 0 Å². The molecule has 0 unspecified atom stereocenters. The van der Waals surface area contributed by atoms with Crippen molar-refractivity contribution in [3.05, 3.63) is 48.2 Å². The number of hydrogen-bond acceptors (Lipinski definition) is 3. The summed E-state index contributed by atoms with van der Waals surface area (Å²) in [5.41, 5.74) is 2.48. The number of aliphatic imine (C=N–C) groups is 1. The Hall–Kier alpha value is -2.10. The summed E-state index contributed by atoms with van der Waals surface area (Å²) >= 11 is 0. The molecule has 0 aliphatic carbocycles. The van der Waals surface area contributed by atoms with Crippen LogP contribution >= 0.6 is 24.0 Å². The molecule has 0 spiro atoms. The number of H-pyrrole nitrogens is 1. The number of hydrogen-bond donors (Lipinski definition) is 3. The van der Waals surface area contributed by atoms with Crippen LogP contribution in [0.3, 0.4) is 0 Å². The van der Waals surface area contributed by atoms with Crippen molar-refractivity contribution in [1.29, 1.82) is 0 Å². The first-order valence-electron chi connectivity index (χ1n) is 9.25. The Balaban J connectivity index is 0.00000261. The summed E-state index contributed by atoms with van der Waals surface area (Å²) in [5, 5.41) is 16.0. The minimum absolute atomic E-state index is 0. The first-order chi connectivity index (χ1) is 12.8. The van der Waals surface area contributed by atoms with E-state index in [-0.39, 0.29) is 24.0 Å². The average Bonchev–Trinajstić information content (AvgIpc) is 3.28. The van der Waals surface area contributed by atoms with Gasteiger partial charge in [-0.15, -0.1) is 34.2 Å². The van der Waals surface area contributed by atoms with Crippen molar-refractivity contribution in [1.82, 2.24) is 30.4 Å². The molecule has 7 nitrogen and oxygen atoms in total. The highest BCUT2D eigenvalue weighted by Gasteiger charge is 2.04. The van der Waals surface area contributed by atoms with E-state index in [1.54, 1.807) is 6.33 Å². The number of para-hydroxylation sites is 1. The van der Waals surface area contributed by atoms with Crippen molar-refractivity contribution in [2.75, 3.05) is 19.6 Å². The summed E-state index contributed by atoms with van der Waals surface area (Å²) in [7, 11) is 0. The van der Waals surface area contributed by atoms with E-state index in [1.165, 1.54) is 16.5 Å². The van der Waals surface area contributed by atoms with Crippen molar-refractivity contribution in [2.45, 2.75) is 33.2 Å². The maximum absolute atomic E-state index is 4.70. The molecule has 0 aliphatic heterocycles. The molecule has 8 heteroatoms. The maximum Gasteiger partial charge on any atom is 0.191 e. The summed E-state index contributed by atoms with van der Waals surface area (Å²) in [6.07, 6.45) is 5.66. The SMILES string of the molecule is CCNC(=NCCc1c[nH]c2ccccc12)NCCn1cnnc1CC.I. The molecular formula is C19H28IN7. The predicted octanol–water partition coefficient (Wildman–Crippen LogP) is 2.74. The van der Waals surface area contributed by atoms with Gasteiger partial charge in [0, 0.05) is 49.7 Å². The summed E-state index contributed by atoms with van der Waals surface area (Å²) < 4.78 is 2.07. The molecule has 146 valence electrons. The first kappa shape index (κ1) is 21.2. The van der Waals surface area contributed by atoms with E-state index in [0.717, 1.165) is 50.8 Å². The van der Waals surface area contributed by atoms with Gasteiger partial charge in [0.1, 0.15) is 12.2 Å². The van der Waals surface area contributed by atoms with E-state index < -0.39 is 0 Å². The quantitative estimate of drug-likeness (QED) is 0.263. The molecule has 0 aliphatic rings. The molecule has 0 radical (unpaired) electrons. The molecular weight excluding hydrogens is 453 g/mol. The van der Waals surface area contributed by atoms with Crippen LogP contribution in [-0.2, 0) is 19.4 Å². The van der Waals surface area contributed by atoms with Crippen molar-refractivity contribution in [3.8, 4) is 0 Å². The highest BCUT2D eigenvalue weighted by atomic mass is 127. The average molecular weight is 481 g/mol. The van der Waals surface area contributed by atoms with Crippen LogP contribution in [0.4, 0.5) is 0 Å². The zero-order chi connectivity index (χ0) is 18.2. The number of benzene rings is 1. The molecule has 0 bridgehead atoms. The van der Waals surface area contributed by atoms with Crippen molar-refractivity contribution < 1.29 is 0 Å². The van der Waals surface area contributed by atoms with E-state index >= 15 is 0 Å². The van der Waals surface area contributed by atoms with Gasteiger partial charge in [0.2, 0.25) is 0 Å². The molecule has 0 amide bonds. The van der Waals surface area contributed by atoms with Crippen LogP contribution in [-0.4, -0.2) is 45.3 Å². The number of nitrogens with zero attached hydrogens (tertiary/aromatic N) is 4. The number of fused-ring (bicyclic) bond motifs is 1.